The minimum absolute atomic E-state index is 0.514. The molecule has 0 spiro atoms. The summed E-state index contributed by atoms with van der Waals surface area (Å²) in [5.41, 5.74) is 0.514. The Labute approximate surface area is 96.1 Å². The van der Waals surface area contributed by atoms with Crippen LogP contribution < -0.4 is 5.32 Å². The van der Waals surface area contributed by atoms with Crippen molar-refractivity contribution in [1.29, 1.82) is 0 Å². The number of hydrogen-bond acceptors (Lipinski definition) is 3. The summed E-state index contributed by atoms with van der Waals surface area (Å²) in [6, 6.07) is 0.670. The average Bonchev–Trinajstić information content (AvgIpc) is 2.70. The molecule has 15 heavy (non-hydrogen) atoms. The van der Waals surface area contributed by atoms with E-state index in [0.29, 0.717) is 11.5 Å². The van der Waals surface area contributed by atoms with Gasteiger partial charge in [0, 0.05) is 24.2 Å². The monoisotopic (exact) mass is 224 g/mol. The van der Waals surface area contributed by atoms with Crippen molar-refractivity contribution in [3.8, 4) is 0 Å². The SMILES string of the molecule is C[C@H]1CC(C)(C)C[C@H]1NCc1nccs1. The molecule has 1 heterocycles. The maximum absolute atomic E-state index is 4.29. The molecule has 1 fully saturated rings. The molecular formula is C12H20N2S. The van der Waals surface area contributed by atoms with E-state index >= 15 is 0 Å². The van der Waals surface area contributed by atoms with E-state index in [1.165, 1.54) is 17.8 Å². The first kappa shape index (κ1) is 11.1. The number of rotatable bonds is 3. The van der Waals surface area contributed by atoms with Gasteiger partial charge in [0.05, 0.1) is 0 Å². The molecule has 84 valence electrons. The van der Waals surface area contributed by atoms with Gasteiger partial charge in [0.25, 0.3) is 0 Å². The van der Waals surface area contributed by atoms with Crippen molar-refractivity contribution in [3.63, 3.8) is 0 Å². The molecule has 3 heteroatoms. The second-order valence-corrected chi connectivity index (χ2v) is 6.44. The average molecular weight is 224 g/mol. The number of hydrogen-bond donors (Lipinski definition) is 1. The second kappa shape index (κ2) is 4.22. The molecule has 1 N–H and O–H groups in total. The molecule has 0 saturated heterocycles. The minimum Gasteiger partial charge on any atom is -0.307 e. The van der Waals surface area contributed by atoms with Crippen LogP contribution in [0.2, 0.25) is 0 Å². The zero-order chi connectivity index (χ0) is 10.9. The van der Waals surface area contributed by atoms with Crippen LogP contribution in [0, 0.1) is 11.3 Å². The van der Waals surface area contributed by atoms with Crippen molar-refractivity contribution in [2.75, 3.05) is 0 Å². The first-order valence-corrected chi connectivity index (χ1v) is 6.56. The van der Waals surface area contributed by atoms with Gasteiger partial charge in [-0.3, -0.25) is 0 Å². The van der Waals surface area contributed by atoms with Crippen LogP contribution in [0.5, 0.6) is 0 Å². The third-order valence-corrected chi connectivity index (χ3v) is 4.11. The molecule has 2 nitrogen and oxygen atoms in total. The Balaban J connectivity index is 1.85. The summed E-state index contributed by atoms with van der Waals surface area (Å²) in [5.74, 6) is 0.792. The summed E-state index contributed by atoms with van der Waals surface area (Å²) in [6.45, 7) is 8.03. The predicted octanol–water partition coefficient (Wildman–Crippen LogP) is 3.06. The molecule has 0 bridgehead atoms. The molecule has 0 radical (unpaired) electrons. The van der Waals surface area contributed by atoms with E-state index < -0.39 is 0 Å². The Hall–Kier alpha value is -0.410. The van der Waals surface area contributed by atoms with Crippen molar-refractivity contribution in [3.05, 3.63) is 16.6 Å². The van der Waals surface area contributed by atoms with Crippen LogP contribution in [0.3, 0.4) is 0 Å². The minimum atomic E-state index is 0.514. The molecule has 1 saturated carbocycles. The van der Waals surface area contributed by atoms with E-state index in [2.05, 4.69) is 31.1 Å². The number of thiazole rings is 1. The fourth-order valence-corrected chi connectivity index (χ4v) is 3.29. The van der Waals surface area contributed by atoms with Gasteiger partial charge in [0.15, 0.2) is 0 Å². The second-order valence-electron chi connectivity index (χ2n) is 5.46. The summed E-state index contributed by atoms with van der Waals surface area (Å²) in [6.07, 6.45) is 4.51. The Morgan fingerprint density at radius 1 is 1.53 bits per heavy atom. The summed E-state index contributed by atoms with van der Waals surface area (Å²) in [4.78, 5) is 4.29. The summed E-state index contributed by atoms with van der Waals surface area (Å²) < 4.78 is 0. The highest BCUT2D eigenvalue weighted by atomic mass is 32.1. The van der Waals surface area contributed by atoms with Crippen molar-refractivity contribution in [2.24, 2.45) is 11.3 Å². The highest BCUT2D eigenvalue weighted by Gasteiger charge is 2.36. The van der Waals surface area contributed by atoms with Gasteiger partial charge in [0.1, 0.15) is 5.01 Å². The highest BCUT2D eigenvalue weighted by molar-refractivity contribution is 7.09. The molecule has 0 aliphatic heterocycles. The van der Waals surface area contributed by atoms with E-state index in [4.69, 9.17) is 0 Å². The third-order valence-electron chi connectivity index (χ3n) is 3.33. The number of aromatic nitrogens is 1. The van der Waals surface area contributed by atoms with E-state index in [1.54, 1.807) is 11.3 Å². The molecular weight excluding hydrogens is 204 g/mol. The van der Waals surface area contributed by atoms with Crippen LogP contribution in [0.1, 0.15) is 38.6 Å². The molecule has 2 atom stereocenters. The molecule has 1 aliphatic carbocycles. The Morgan fingerprint density at radius 3 is 2.87 bits per heavy atom. The molecule has 0 amide bonds. The van der Waals surface area contributed by atoms with Crippen molar-refractivity contribution in [1.82, 2.24) is 10.3 Å². The molecule has 2 rings (SSSR count). The zero-order valence-electron chi connectivity index (χ0n) is 9.79. The van der Waals surface area contributed by atoms with Crippen LogP contribution in [0.15, 0.2) is 11.6 Å². The lowest BCUT2D eigenvalue weighted by Crippen LogP contribution is -2.31. The Morgan fingerprint density at radius 2 is 2.33 bits per heavy atom. The van der Waals surface area contributed by atoms with Gasteiger partial charge >= 0.3 is 0 Å². The van der Waals surface area contributed by atoms with Crippen LogP contribution in [-0.4, -0.2) is 11.0 Å². The van der Waals surface area contributed by atoms with Crippen molar-refractivity contribution in [2.45, 2.75) is 46.2 Å². The number of nitrogens with one attached hydrogen (secondary N) is 1. The fraction of sp³-hybridized carbons (Fsp3) is 0.750. The lowest BCUT2D eigenvalue weighted by Gasteiger charge is -2.17. The maximum atomic E-state index is 4.29. The molecule has 1 aliphatic rings. The summed E-state index contributed by atoms with van der Waals surface area (Å²) in [7, 11) is 0. The molecule has 0 aromatic carbocycles. The molecule has 0 unspecified atom stereocenters. The van der Waals surface area contributed by atoms with Gasteiger partial charge in [0.2, 0.25) is 0 Å². The topological polar surface area (TPSA) is 24.9 Å². The van der Waals surface area contributed by atoms with Gasteiger partial charge in [-0.25, -0.2) is 4.98 Å². The van der Waals surface area contributed by atoms with Gasteiger partial charge < -0.3 is 5.32 Å². The lowest BCUT2D eigenvalue weighted by molar-refractivity contribution is 0.362. The smallest absolute Gasteiger partial charge is 0.106 e. The van der Waals surface area contributed by atoms with Crippen LogP contribution in [-0.2, 0) is 6.54 Å². The summed E-state index contributed by atoms with van der Waals surface area (Å²) >= 11 is 1.73. The van der Waals surface area contributed by atoms with Crippen molar-refractivity contribution < 1.29 is 0 Å². The normalized spacial score (nSPS) is 29.5. The molecule has 1 aromatic heterocycles. The van der Waals surface area contributed by atoms with Gasteiger partial charge in [-0.1, -0.05) is 20.8 Å². The van der Waals surface area contributed by atoms with E-state index in [1.807, 2.05) is 11.6 Å². The van der Waals surface area contributed by atoms with Gasteiger partial charge in [-0.15, -0.1) is 11.3 Å². The molecule has 1 aromatic rings. The highest BCUT2D eigenvalue weighted by Crippen LogP contribution is 2.40. The first-order chi connectivity index (χ1) is 7.07. The van der Waals surface area contributed by atoms with E-state index in [-0.39, 0.29) is 0 Å². The third kappa shape index (κ3) is 2.79. The van der Waals surface area contributed by atoms with Gasteiger partial charge in [-0.2, -0.15) is 0 Å². The predicted molar refractivity (Wildman–Crippen MR) is 64.9 cm³/mol. The van der Waals surface area contributed by atoms with Crippen molar-refractivity contribution >= 4 is 11.3 Å². The lowest BCUT2D eigenvalue weighted by atomic mass is 9.91. The van der Waals surface area contributed by atoms with Crippen LogP contribution in [0.25, 0.3) is 0 Å². The largest absolute Gasteiger partial charge is 0.307 e. The van der Waals surface area contributed by atoms with E-state index in [0.717, 1.165) is 12.5 Å². The first-order valence-electron chi connectivity index (χ1n) is 5.69. The van der Waals surface area contributed by atoms with E-state index in [9.17, 15) is 0 Å². The van der Waals surface area contributed by atoms with Crippen LogP contribution in [0.4, 0.5) is 0 Å². The zero-order valence-corrected chi connectivity index (χ0v) is 10.6. The fourth-order valence-electron chi connectivity index (χ4n) is 2.73. The Bertz CT molecular complexity index is 305. The Kier molecular flexibility index (Phi) is 3.12. The quantitative estimate of drug-likeness (QED) is 0.853. The summed E-state index contributed by atoms with van der Waals surface area (Å²) in [5, 5.41) is 6.88. The number of nitrogens with zero attached hydrogens (tertiary/aromatic N) is 1. The maximum Gasteiger partial charge on any atom is 0.106 e. The van der Waals surface area contributed by atoms with Gasteiger partial charge in [-0.05, 0) is 24.2 Å². The standard InChI is InChI=1S/C12H20N2S/c1-9-6-12(2,3)7-10(9)14-8-11-13-4-5-15-11/h4-5,9-10,14H,6-8H2,1-3H3/t9-,10+/m0/s1. The van der Waals surface area contributed by atoms with Crippen LogP contribution >= 0.6 is 11.3 Å².